The summed E-state index contributed by atoms with van der Waals surface area (Å²) in [6, 6.07) is 4.76. The largest absolute Gasteiger partial charge is 0.352 e. The van der Waals surface area contributed by atoms with E-state index in [1.165, 1.54) is 6.07 Å². The second-order valence-corrected chi connectivity index (χ2v) is 7.62. The first-order chi connectivity index (χ1) is 10.8. The van der Waals surface area contributed by atoms with Gasteiger partial charge in [0.1, 0.15) is 10.7 Å². The van der Waals surface area contributed by atoms with E-state index in [2.05, 4.69) is 9.71 Å². The maximum atomic E-state index is 12.3. The number of anilines is 1. The van der Waals surface area contributed by atoms with Gasteiger partial charge in [0.2, 0.25) is 0 Å². The number of carbonyl (C=O) groups excluding carboxylic acids is 1. The summed E-state index contributed by atoms with van der Waals surface area (Å²) in [6.07, 6.45) is 0.864. The van der Waals surface area contributed by atoms with Gasteiger partial charge < -0.3 is 10.2 Å². The molecule has 1 N–H and O–H groups in total. The summed E-state index contributed by atoms with van der Waals surface area (Å²) in [7, 11) is -3.76. The zero-order valence-corrected chi connectivity index (χ0v) is 14.8. The summed E-state index contributed by atoms with van der Waals surface area (Å²) in [5, 5.41) is 2.79. The number of nitrogens with one attached hydrogen (secondary N) is 1. The lowest BCUT2D eigenvalue weighted by Gasteiger charge is -2.29. The van der Waals surface area contributed by atoms with Gasteiger partial charge in [-0.05, 0) is 37.5 Å². The summed E-state index contributed by atoms with van der Waals surface area (Å²) < 4.78 is 28.5. The average molecular weight is 337 g/mol. The molecule has 1 amide bonds. The summed E-state index contributed by atoms with van der Waals surface area (Å²) in [6.45, 7) is 8.91. The van der Waals surface area contributed by atoms with Crippen molar-refractivity contribution >= 4 is 27.5 Å². The van der Waals surface area contributed by atoms with Gasteiger partial charge in [0, 0.05) is 18.7 Å². The zero-order chi connectivity index (χ0) is 17.2. The molecular formula is C16H23N3O3S. The van der Waals surface area contributed by atoms with Crippen molar-refractivity contribution in [2.24, 2.45) is 10.3 Å². The second-order valence-electron chi connectivity index (χ2n) is 6.05. The van der Waals surface area contributed by atoms with Crippen LogP contribution in [0.25, 0.3) is 0 Å². The van der Waals surface area contributed by atoms with Gasteiger partial charge in [-0.1, -0.05) is 20.8 Å². The Balaban J connectivity index is 2.41. The van der Waals surface area contributed by atoms with Crippen LogP contribution < -0.4 is 10.2 Å². The van der Waals surface area contributed by atoms with Gasteiger partial charge in [0.25, 0.3) is 15.9 Å². The topological polar surface area (TPSA) is 78.8 Å². The second kappa shape index (κ2) is 6.70. The number of carbonyl (C=O) groups is 1. The Morgan fingerprint density at radius 2 is 2.04 bits per heavy atom. The van der Waals surface area contributed by atoms with E-state index in [1.54, 1.807) is 19.1 Å². The molecule has 1 aliphatic heterocycles. The van der Waals surface area contributed by atoms with Crippen LogP contribution >= 0.6 is 0 Å². The fourth-order valence-electron chi connectivity index (χ4n) is 2.44. The van der Waals surface area contributed by atoms with E-state index < -0.39 is 10.0 Å². The molecule has 1 aliphatic rings. The molecule has 0 aromatic heterocycles. The van der Waals surface area contributed by atoms with E-state index in [-0.39, 0.29) is 10.8 Å². The number of rotatable bonds is 5. The van der Waals surface area contributed by atoms with Crippen LogP contribution in [0.1, 0.15) is 44.5 Å². The highest BCUT2D eigenvalue weighted by Crippen LogP contribution is 2.32. The highest BCUT2D eigenvalue weighted by atomic mass is 32.2. The quantitative estimate of drug-likeness (QED) is 0.895. The Bertz CT molecular complexity index is 739. The number of benzene rings is 1. The highest BCUT2D eigenvalue weighted by Gasteiger charge is 2.29. The number of amidine groups is 1. The van der Waals surface area contributed by atoms with Crippen LogP contribution in [0.2, 0.25) is 0 Å². The molecule has 0 saturated carbocycles. The summed E-state index contributed by atoms with van der Waals surface area (Å²) in [5.74, 6) is 0.508. The van der Waals surface area contributed by atoms with Crippen molar-refractivity contribution in [3.63, 3.8) is 0 Å². The van der Waals surface area contributed by atoms with Gasteiger partial charge in [-0.3, -0.25) is 4.79 Å². The third-order valence-electron chi connectivity index (χ3n) is 3.55. The fraction of sp³-hybridized carbons (Fsp3) is 0.500. The molecule has 0 unspecified atom stereocenters. The molecule has 0 saturated heterocycles. The molecule has 1 aromatic rings. The first-order valence-electron chi connectivity index (χ1n) is 7.77. The van der Waals surface area contributed by atoms with Crippen LogP contribution in [0.15, 0.2) is 27.5 Å². The normalized spacial score (nSPS) is 16.0. The minimum atomic E-state index is -3.76. The molecule has 126 valence electrons. The van der Waals surface area contributed by atoms with Crippen molar-refractivity contribution in [1.29, 1.82) is 0 Å². The maximum Gasteiger partial charge on any atom is 0.286 e. The van der Waals surface area contributed by atoms with E-state index in [0.29, 0.717) is 36.1 Å². The summed E-state index contributed by atoms with van der Waals surface area (Å²) >= 11 is 0. The van der Waals surface area contributed by atoms with Crippen LogP contribution in [-0.4, -0.2) is 33.3 Å². The SMILES string of the molecule is CCCN1C(C)=NS(=O)(=O)c2cc(C(=O)NCC(C)C)ccc21. The van der Waals surface area contributed by atoms with Crippen LogP contribution in [-0.2, 0) is 10.0 Å². The van der Waals surface area contributed by atoms with E-state index in [9.17, 15) is 13.2 Å². The molecular weight excluding hydrogens is 314 g/mol. The van der Waals surface area contributed by atoms with Gasteiger partial charge in [-0.25, -0.2) is 0 Å². The third-order valence-corrected chi connectivity index (χ3v) is 4.94. The van der Waals surface area contributed by atoms with Crippen molar-refractivity contribution in [2.75, 3.05) is 18.0 Å². The standard InChI is InChI=1S/C16H23N3O3S/c1-5-8-19-12(4)18-23(21,22)15-9-13(6-7-14(15)19)16(20)17-10-11(2)3/h6-7,9,11H,5,8,10H2,1-4H3,(H,17,20). The zero-order valence-electron chi connectivity index (χ0n) is 14.0. The van der Waals surface area contributed by atoms with Crippen molar-refractivity contribution in [3.8, 4) is 0 Å². The smallest absolute Gasteiger partial charge is 0.286 e. The molecule has 0 atom stereocenters. The number of sulfonamides is 1. The van der Waals surface area contributed by atoms with Crippen LogP contribution in [0.3, 0.4) is 0 Å². The monoisotopic (exact) mass is 337 g/mol. The van der Waals surface area contributed by atoms with Gasteiger partial charge in [-0.2, -0.15) is 8.42 Å². The highest BCUT2D eigenvalue weighted by molar-refractivity contribution is 7.90. The Hall–Kier alpha value is -1.89. The maximum absolute atomic E-state index is 12.3. The predicted molar refractivity (Wildman–Crippen MR) is 91.5 cm³/mol. The molecule has 0 radical (unpaired) electrons. The molecule has 2 rings (SSSR count). The fourth-order valence-corrected chi connectivity index (χ4v) is 3.70. The van der Waals surface area contributed by atoms with Gasteiger partial charge >= 0.3 is 0 Å². The van der Waals surface area contributed by atoms with E-state index in [0.717, 1.165) is 6.42 Å². The molecule has 0 bridgehead atoms. The van der Waals surface area contributed by atoms with E-state index >= 15 is 0 Å². The average Bonchev–Trinajstić information content (AvgIpc) is 2.48. The molecule has 1 heterocycles. The van der Waals surface area contributed by atoms with Gasteiger partial charge in [0.05, 0.1) is 5.69 Å². The van der Waals surface area contributed by atoms with Crippen LogP contribution in [0, 0.1) is 5.92 Å². The van der Waals surface area contributed by atoms with Gasteiger partial charge in [0.15, 0.2) is 0 Å². The number of amides is 1. The van der Waals surface area contributed by atoms with Crippen molar-refractivity contribution in [2.45, 2.75) is 39.0 Å². The molecule has 0 aliphatic carbocycles. The summed E-state index contributed by atoms with van der Waals surface area (Å²) in [5.41, 5.74) is 0.916. The van der Waals surface area contributed by atoms with Gasteiger partial charge in [-0.15, -0.1) is 4.40 Å². The van der Waals surface area contributed by atoms with Crippen molar-refractivity contribution in [1.82, 2.24) is 5.32 Å². The first-order valence-corrected chi connectivity index (χ1v) is 9.21. The number of hydrogen-bond donors (Lipinski definition) is 1. The minimum Gasteiger partial charge on any atom is -0.352 e. The van der Waals surface area contributed by atoms with Crippen molar-refractivity contribution < 1.29 is 13.2 Å². The Labute approximate surface area is 137 Å². The van der Waals surface area contributed by atoms with E-state index in [4.69, 9.17) is 0 Å². The Kier molecular flexibility index (Phi) is 5.09. The predicted octanol–water partition coefficient (Wildman–Crippen LogP) is 2.41. The van der Waals surface area contributed by atoms with Crippen LogP contribution in [0.4, 0.5) is 5.69 Å². The molecule has 23 heavy (non-hydrogen) atoms. The number of hydrogen-bond acceptors (Lipinski definition) is 4. The number of nitrogens with zero attached hydrogens (tertiary/aromatic N) is 2. The van der Waals surface area contributed by atoms with Crippen LogP contribution in [0.5, 0.6) is 0 Å². The lowest BCUT2D eigenvalue weighted by atomic mass is 10.1. The van der Waals surface area contributed by atoms with Crippen molar-refractivity contribution in [3.05, 3.63) is 23.8 Å². The lowest BCUT2D eigenvalue weighted by Crippen LogP contribution is -2.35. The molecule has 1 aromatic carbocycles. The summed E-state index contributed by atoms with van der Waals surface area (Å²) in [4.78, 5) is 14.1. The first kappa shape index (κ1) is 17.5. The Morgan fingerprint density at radius 3 is 2.65 bits per heavy atom. The molecule has 0 spiro atoms. The van der Waals surface area contributed by atoms with E-state index in [1.807, 2.05) is 25.7 Å². The lowest BCUT2D eigenvalue weighted by molar-refractivity contribution is 0.0949. The Morgan fingerprint density at radius 1 is 1.35 bits per heavy atom. The molecule has 7 heteroatoms. The third kappa shape index (κ3) is 3.72. The molecule has 0 fully saturated rings. The number of fused-ring (bicyclic) bond motifs is 1. The minimum absolute atomic E-state index is 0.0914. The molecule has 6 nitrogen and oxygen atoms in total.